The Kier molecular flexibility index (Phi) is 7.26. The van der Waals surface area contributed by atoms with E-state index in [-0.39, 0.29) is 0 Å². The lowest BCUT2D eigenvalue weighted by molar-refractivity contribution is 0.228. The van der Waals surface area contributed by atoms with E-state index in [2.05, 4.69) is 27.7 Å². The molecule has 0 bridgehead atoms. The van der Waals surface area contributed by atoms with Gasteiger partial charge in [0.15, 0.2) is 0 Å². The highest BCUT2D eigenvalue weighted by Crippen LogP contribution is 2.34. The average Bonchev–Trinajstić information content (AvgIpc) is 2.15. The first-order valence-electron chi connectivity index (χ1n) is 6.28. The van der Waals surface area contributed by atoms with Crippen LogP contribution in [0, 0.1) is 11.3 Å². The average molecular weight is 199 g/mol. The highest BCUT2D eigenvalue weighted by molar-refractivity contribution is 4.75. The summed E-state index contributed by atoms with van der Waals surface area (Å²) >= 11 is 0. The Hall–Kier alpha value is -0.0400. The molecule has 86 valence electrons. The van der Waals surface area contributed by atoms with Crippen LogP contribution in [0.15, 0.2) is 0 Å². The SMILES string of the molecule is CCCC(C)(CCN)CCC(C)CC. The van der Waals surface area contributed by atoms with Crippen molar-refractivity contribution in [3.8, 4) is 0 Å². The highest BCUT2D eigenvalue weighted by atomic mass is 14.5. The maximum atomic E-state index is 5.68. The molecule has 0 rings (SSSR count). The highest BCUT2D eigenvalue weighted by Gasteiger charge is 2.22. The molecule has 1 heteroatoms. The molecule has 0 aromatic carbocycles. The largest absolute Gasteiger partial charge is 0.330 e. The van der Waals surface area contributed by atoms with Gasteiger partial charge in [0.05, 0.1) is 0 Å². The fourth-order valence-corrected chi connectivity index (χ4v) is 2.13. The predicted molar refractivity (Wildman–Crippen MR) is 65.4 cm³/mol. The van der Waals surface area contributed by atoms with Crippen molar-refractivity contribution in [2.75, 3.05) is 6.54 Å². The van der Waals surface area contributed by atoms with Crippen LogP contribution in [0.25, 0.3) is 0 Å². The van der Waals surface area contributed by atoms with Gasteiger partial charge in [0.25, 0.3) is 0 Å². The predicted octanol–water partition coefficient (Wildman–Crippen LogP) is 3.97. The van der Waals surface area contributed by atoms with Crippen LogP contribution < -0.4 is 5.73 Å². The third kappa shape index (κ3) is 5.64. The molecule has 0 aromatic rings. The lowest BCUT2D eigenvalue weighted by Crippen LogP contribution is -2.21. The molecular formula is C13H29N. The van der Waals surface area contributed by atoms with E-state index in [1.807, 2.05) is 0 Å². The molecule has 0 radical (unpaired) electrons. The van der Waals surface area contributed by atoms with Gasteiger partial charge in [-0.05, 0) is 37.1 Å². The van der Waals surface area contributed by atoms with E-state index in [0.29, 0.717) is 5.41 Å². The summed E-state index contributed by atoms with van der Waals surface area (Å²) in [5.74, 6) is 0.879. The Morgan fingerprint density at radius 3 is 2.21 bits per heavy atom. The van der Waals surface area contributed by atoms with Crippen LogP contribution in [0.3, 0.4) is 0 Å². The Labute approximate surface area is 90.5 Å². The van der Waals surface area contributed by atoms with Crippen molar-refractivity contribution in [2.45, 2.75) is 66.2 Å². The number of nitrogens with two attached hydrogens (primary N) is 1. The van der Waals surface area contributed by atoms with Gasteiger partial charge in [-0.2, -0.15) is 0 Å². The zero-order valence-corrected chi connectivity index (χ0v) is 10.6. The van der Waals surface area contributed by atoms with Crippen LogP contribution in [0.1, 0.15) is 66.2 Å². The van der Waals surface area contributed by atoms with Gasteiger partial charge in [-0.15, -0.1) is 0 Å². The van der Waals surface area contributed by atoms with E-state index in [0.717, 1.165) is 12.5 Å². The fraction of sp³-hybridized carbons (Fsp3) is 1.00. The number of rotatable bonds is 8. The summed E-state index contributed by atoms with van der Waals surface area (Å²) in [4.78, 5) is 0. The van der Waals surface area contributed by atoms with E-state index < -0.39 is 0 Å². The standard InChI is InChI=1S/C13H29N/c1-5-8-13(4,10-11-14)9-7-12(3)6-2/h12H,5-11,14H2,1-4H3. The van der Waals surface area contributed by atoms with Crippen LogP contribution in [-0.2, 0) is 0 Å². The summed E-state index contributed by atoms with van der Waals surface area (Å²) in [7, 11) is 0. The molecular weight excluding hydrogens is 170 g/mol. The topological polar surface area (TPSA) is 26.0 Å². The van der Waals surface area contributed by atoms with Crippen molar-refractivity contribution in [1.29, 1.82) is 0 Å². The van der Waals surface area contributed by atoms with Gasteiger partial charge in [-0.25, -0.2) is 0 Å². The van der Waals surface area contributed by atoms with E-state index >= 15 is 0 Å². The van der Waals surface area contributed by atoms with Crippen LogP contribution >= 0.6 is 0 Å². The van der Waals surface area contributed by atoms with Gasteiger partial charge in [0, 0.05) is 0 Å². The van der Waals surface area contributed by atoms with E-state index in [4.69, 9.17) is 5.73 Å². The third-order valence-corrected chi connectivity index (χ3v) is 3.54. The summed E-state index contributed by atoms with van der Waals surface area (Å²) in [5.41, 5.74) is 6.19. The Morgan fingerprint density at radius 2 is 1.79 bits per heavy atom. The molecule has 0 fully saturated rings. The molecule has 0 saturated heterocycles. The second-order valence-electron chi connectivity index (χ2n) is 5.15. The van der Waals surface area contributed by atoms with Crippen molar-refractivity contribution in [3.63, 3.8) is 0 Å². The maximum absolute atomic E-state index is 5.68. The normalized spacial score (nSPS) is 17.8. The summed E-state index contributed by atoms with van der Waals surface area (Å²) in [5, 5.41) is 0. The first kappa shape index (κ1) is 14.0. The minimum absolute atomic E-state index is 0.507. The molecule has 0 spiro atoms. The summed E-state index contributed by atoms with van der Waals surface area (Å²) in [6, 6.07) is 0. The lowest BCUT2D eigenvalue weighted by atomic mass is 9.76. The molecule has 14 heavy (non-hydrogen) atoms. The molecule has 0 aliphatic rings. The minimum atomic E-state index is 0.507. The first-order valence-corrected chi connectivity index (χ1v) is 6.28. The fourth-order valence-electron chi connectivity index (χ4n) is 2.13. The molecule has 2 N–H and O–H groups in total. The van der Waals surface area contributed by atoms with Crippen LogP contribution in [-0.4, -0.2) is 6.54 Å². The van der Waals surface area contributed by atoms with Crippen molar-refractivity contribution < 1.29 is 0 Å². The number of hydrogen-bond donors (Lipinski definition) is 1. The quantitative estimate of drug-likeness (QED) is 0.629. The molecule has 0 saturated carbocycles. The zero-order valence-electron chi connectivity index (χ0n) is 10.6. The number of hydrogen-bond acceptors (Lipinski definition) is 1. The second kappa shape index (κ2) is 7.28. The van der Waals surface area contributed by atoms with Crippen molar-refractivity contribution in [1.82, 2.24) is 0 Å². The summed E-state index contributed by atoms with van der Waals surface area (Å²) in [6.45, 7) is 10.2. The molecule has 0 amide bonds. The van der Waals surface area contributed by atoms with Gasteiger partial charge in [0.1, 0.15) is 0 Å². The minimum Gasteiger partial charge on any atom is -0.330 e. The van der Waals surface area contributed by atoms with Gasteiger partial charge >= 0.3 is 0 Å². The molecule has 0 aliphatic heterocycles. The van der Waals surface area contributed by atoms with Crippen molar-refractivity contribution in [3.05, 3.63) is 0 Å². The molecule has 2 atom stereocenters. The molecule has 0 aliphatic carbocycles. The van der Waals surface area contributed by atoms with E-state index in [1.54, 1.807) is 0 Å². The monoisotopic (exact) mass is 199 g/mol. The smallest absolute Gasteiger partial charge is 0.00721 e. The van der Waals surface area contributed by atoms with Crippen LogP contribution in [0.5, 0.6) is 0 Å². The van der Waals surface area contributed by atoms with Crippen LogP contribution in [0.2, 0.25) is 0 Å². The van der Waals surface area contributed by atoms with E-state index in [9.17, 15) is 0 Å². The van der Waals surface area contributed by atoms with Crippen molar-refractivity contribution in [2.24, 2.45) is 17.1 Å². The zero-order chi connectivity index (χ0) is 11.0. The third-order valence-electron chi connectivity index (χ3n) is 3.54. The Balaban J connectivity index is 3.94. The van der Waals surface area contributed by atoms with Crippen molar-refractivity contribution >= 4 is 0 Å². The Bertz CT molecular complexity index is 125. The second-order valence-corrected chi connectivity index (χ2v) is 5.15. The first-order chi connectivity index (χ1) is 6.58. The molecule has 2 unspecified atom stereocenters. The molecule has 1 nitrogen and oxygen atoms in total. The summed E-state index contributed by atoms with van der Waals surface area (Å²) < 4.78 is 0. The summed E-state index contributed by atoms with van der Waals surface area (Å²) in [6.07, 6.45) is 7.85. The van der Waals surface area contributed by atoms with Gasteiger partial charge < -0.3 is 5.73 Å². The molecule has 0 heterocycles. The van der Waals surface area contributed by atoms with Gasteiger partial charge in [-0.3, -0.25) is 0 Å². The lowest BCUT2D eigenvalue weighted by Gasteiger charge is -2.30. The van der Waals surface area contributed by atoms with Gasteiger partial charge in [0.2, 0.25) is 0 Å². The Morgan fingerprint density at radius 1 is 1.14 bits per heavy atom. The molecule has 0 aromatic heterocycles. The van der Waals surface area contributed by atoms with Crippen LogP contribution in [0.4, 0.5) is 0 Å². The van der Waals surface area contributed by atoms with Gasteiger partial charge in [-0.1, -0.05) is 47.0 Å². The maximum Gasteiger partial charge on any atom is -0.00721 e. The van der Waals surface area contributed by atoms with E-state index in [1.165, 1.54) is 38.5 Å².